The molecule has 3 atom stereocenters. The average molecular weight is 360 g/mol. The van der Waals surface area contributed by atoms with Crippen molar-refractivity contribution < 1.29 is 23.4 Å². The van der Waals surface area contributed by atoms with Gasteiger partial charge in [-0.15, -0.1) is 0 Å². The summed E-state index contributed by atoms with van der Waals surface area (Å²) in [5.74, 6) is 0.181. The third kappa shape index (κ3) is 4.21. The molecule has 140 valence electrons. The Morgan fingerprint density at radius 3 is 2.72 bits per heavy atom. The predicted octanol–water partition coefficient (Wildman–Crippen LogP) is 1.14. The van der Waals surface area contributed by atoms with Gasteiger partial charge in [-0.3, -0.25) is 4.90 Å². The van der Waals surface area contributed by atoms with Crippen LogP contribution in [0.25, 0.3) is 0 Å². The topological polar surface area (TPSA) is 72.7 Å². The van der Waals surface area contributed by atoms with Gasteiger partial charge in [0.05, 0.1) is 24.6 Å². The van der Waals surface area contributed by atoms with Crippen molar-refractivity contribution in [2.75, 3.05) is 37.7 Å². The molecule has 3 rings (SSSR count). The molecule has 2 N–H and O–H groups in total. The number of aliphatic hydroxyl groups is 2. The van der Waals surface area contributed by atoms with Crippen molar-refractivity contribution in [3.8, 4) is 0 Å². The van der Waals surface area contributed by atoms with E-state index in [1.807, 2.05) is 0 Å². The standard InChI is InChI=1S/C16H23F3N4O2/c17-16(18,19)15-14(5-20-10-21-15)22-4-3-11(6-22)7-23-8-13(25)2-1-12(23)9-24/h5,10-13,24-25H,1-4,6-9H2/t11-,12+,13+/m0/s1. The number of anilines is 1. The number of nitrogens with zero attached hydrogens (tertiary/aromatic N) is 4. The Morgan fingerprint density at radius 1 is 1.20 bits per heavy atom. The molecule has 0 aromatic carbocycles. The summed E-state index contributed by atoms with van der Waals surface area (Å²) in [5, 5.41) is 19.3. The molecule has 9 heteroatoms. The number of halogens is 3. The van der Waals surface area contributed by atoms with Gasteiger partial charge in [-0.2, -0.15) is 13.2 Å². The first-order chi connectivity index (χ1) is 11.9. The number of piperidine rings is 1. The smallest absolute Gasteiger partial charge is 0.395 e. The molecule has 0 aliphatic carbocycles. The van der Waals surface area contributed by atoms with E-state index in [2.05, 4.69) is 14.9 Å². The van der Waals surface area contributed by atoms with Gasteiger partial charge in [0, 0.05) is 32.2 Å². The van der Waals surface area contributed by atoms with Crippen molar-refractivity contribution in [1.29, 1.82) is 0 Å². The van der Waals surface area contributed by atoms with E-state index in [9.17, 15) is 23.4 Å². The summed E-state index contributed by atoms with van der Waals surface area (Å²) in [6.07, 6.45) is -0.597. The van der Waals surface area contributed by atoms with Crippen LogP contribution in [0.5, 0.6) is 0 Å². The second-order valence-corrected chi connectivity index (χ2v) is 6.88. The summed E-state index contributed by atoms with van der Waals surface area (Å²) in [6.45, 7) is 2.20. The van der Waals surface area contributed by atoms with Gasteiger partial charge in [-0.1, -0.05) is 0 Å². The lowest BCUT2D eigenvalue weighted by atomic mass is 9.98. The number of alkyl halides is 3. The van der Waals surface area contributed by atoms with E-state index in [1.165, 1.54) is 6.20 Å². The molecule has 2 fully saturated rings. The average Bonchev–Trinajstić information content (AvgIpc) is 3.03. The quantitative estimate of drug-likeness (QED) is 0.839. The molecular weight excluding hydrogens is 337 g/mol. The first kappa shape index (κ1) is 18.3. The molecule has 6 nitrogen and oxygen atoms in total. The van der Waals surface area contributed by atoms with Gasteiger partial charge in [0.1, 0.15) is 6.33 Å². The van der Waals surface area contributed by atoms with Gasteiger partial charge in [0.2, 0.25) is 0 Å². The fourth-order valence-electron chi connectivity index (χ4n) is 3.81. The third-order valence-corrected chi connectivity index (χ3v) is 5.09. The number of hydrogen-bond acceptors (Lipinski definition) is 6. The van der Waals surface area contributed by atoms with E-state index < -0.39 is 18.0 Å². The molecule has 2 saturated heterocycles. The van der Waals surface area contributed by atoms with E-state index >= 15 is 0 Å². The highest BCUT2D eigenvalue weighted by Crippen LogP contribution is 2.36. The maximum atomic E-state index is 13.1. The highest BCUT2D eigenvalue weighted by molar-refractivity contribution is 5.50. The van der Waals surface area contributed by atoms with Gasteiger partial charge >= 0.3 is 6.18 Å². The van der Waals surface area contributed by atoms with E-state index in [1.54, 1.807) is 4.90 Å². The highest BCUT2D eigenvalue weighted by Gasteiger charge is 2.39. The number of aliphatic hydroxyl groups excluding tert-OH is 2. The largest absolute Gasteiger partial charge is 0.435 e. The van der Waals surface area contributed by atoms with Gasteiger partial charge in [0.15, 0.2) is 5.69 Å². The van der Waals surface area contributed by atoms with Crippen LogP contribution in [0.4, 0.5) is 18.9 Å². The number of β-amino-alcohol motifs (C(OH)–C–C–N with tert-alkyl or cyclic N) is 1. The van der Waals surface area contributed by atoms with Crippen molar-refractivity contribution in [1.82, 2.24) is 14.9 Å². The Balaban J connectivity index is 1.66. The van der Waals surface area contributed by atoms with Crippen molar-refractivity contribution in [2.24, 2.45) is 5.92 Å². The molecule has 0 amide bonds. The summed E-state index contributed by atoms with van der Waals surface area (Å²) < 4.78 is 39.4. The summed E-state index contributed by atoms with van der Waals surface area (Å²) >= 11 is 0. The zero-order chi connectivity index (χ0) is 18.0. The van der Waals surface area contributed by atoms with E-state index in [0.717, 1.165) is 19.2 Å². The van der Waals surface area contributed by atoms with Crippen molar-refractivity contribution in [3.63, 3.8) is 0 Å². The van der Waals surface area contributed by atoms with E-state index in [4.69, 9.17) is 0 Å². The predicted molar refractivity (Wildman–Crippen MR) is 85.0 cm³/mol. The minimum Gasteiger partial charge on any atom is -0.395 e. The highest BCUT2D eigenvalue weighted by atomic mass is 19.4. The van der Waals surface area contributed by atoms with E-state index in [-0.39, 0.29) is 24.3 Å². The molecule has 3 heterocycles. The fourth-order valence-corrected chi connectivity index (χ4v) is 3.81. The Bertz CT molecular complexity index is 587. The number of hydrogen-bond donors (Lipinski definition) is 2. The number of aromatic nitrogens is 2. The Hall–Kier alpha value is -1.45. The molecule has 0 radical (unpaired) electrons. The summed E-state index contributed by atoms with van der Waals surface area (Å²) in [6, 6.07) is 0.0169. The van der Waals surface area contributed by atoms with Crippen LogP contribution in [0.1, 0.15) is 25.0 Å². The van der Waals surface area contributed by atoms with Crippen LogP contribution >= 0.6 is 0 Å². The first-order valence-corrected chi connectivity index (χ1v) is 8.53. The molecule has 25 heavy (non-hydrogen) atoms. The van der Waals surface area contributed by atoms with Gasteiger partial charge in [-0.25, -0.2) is 9.97 Å². The fraction of sp³-hybridized carbons (Fsp3) is 0.750. The first-order valence-electron chi connectivity index (χ1n) is 8.53. The van der Waals surface area contributed by atoms with Crippen LogP contribution in [-0.2, 0) is 6.18 Å². The van der Waals surface area contributed by atoms with Gasteiger partial charge in [-0.05, 0) is 25.2 Å². The molecule has 0 bridgehead atoms. The van der Waals surface area contributed by atoms with Gasteiger partial charge < -0.3 is 15.1 Å². The van der Waals surface area contributed by atoms with Crippen LogP contribution < -0.4 is 4.90 Å². The molecule has 1 aromatic heterocycles. The number of rotatable bonds is 4. The maximum absolute atomic E-state index is 13.1. The minimum atomic E-state index is -4.50. The molecule has 0 saturated carbocycles. The van der Waals surface area contributed by atoms with Crippen molar-refractivity contribution in [3.05, 3.63) is 18.2 Å². The molecule has 1 aromatic rings. The normalized spacial score (nSPS) is 28.5. The SMILES string of the molecule is OC[C@H]1CC[C@@H](O)CN1C[C@H]1CCN(c2cncnc2C(F)(F)F)C1. The molecule has 0 spiro atoms. The lowest BCUT2D eigenvalue weighted by Crippen LogP contribution is -2.49. The molecule has 2 aliphatic heterocycles. The van der Waals surface area contributed by atoms with Crippen LogP contribution in [0.15, 0.2) is 12.5 Å². The minimum absolute atomic E-state index is 0.0169. The second kappa shape index (κ2) is 7.43. The molecule has 2 aliphatic rings. The summed E-state index contributed by atoms with van der Waals surface area (Å²) in [7, 11) is 0. The van der Waals surface area contributed by atoms with Crippen LogP contribution in [0.3, 0.4) is 0 Å². The number of likely N-dealkylation sites (tertiary alicyclic amines) is 1. The van der Waals surface area contributed by atoms with Crippen LogP contribution in [-0.4, -0.2) is 70.0 Å². The van der Waals surface area contributed by atoms with Crippen molar-refractivity contribution in [2.45, 2.75) is 37.6 Å². The summed E-state index contributed by atoms with van der Waals surface area (Å²) in [5.41, 5.74) is -0.875. The van der Waals surface area contributed by atoms with Gasteiger partial charge in [0.25, 0.3) is 0 Å². The molecule has 0 unspecified atom stereocenters. The maximum Gasteiger partial charge on any atom is 0.435 e. The van der Waals surface area contributed by atoms with Crippen LogP contribution in [0, 0.1) is 5.92 Å². The summed E-state index contributed by atoms with van der Waals surface area (Å²) in [4.78, 5) is 10.9. The second-order valence-electron chi connectivity index (χ2n) is 6.88. The monoisotopic (exact) mass is 360 g/mol. The zero-order valence-electron chi connectivity index (χ0n) is 13.9. The van der Waals surface area contributed by atoms with Crippen LogP contribution in [0.2, 0.25) is 0 Å². The zero-order valence-corrected chi connectivity index (χ0v) is 13.9. The molecular formula is C16H23F3N4O2. The Labute approximate surface area is 144 Å². The Kier molecular flexibility index (Phi) is 5.45. The third-order valence-electron chi connectivity index (χ3n) is 5.09. The van der Waals surface area contributed by atoms with Crippen molar-refractivity contribution >= 4 is 5.69 Å². The van der Waals surface area contributed by atoms with E-state index in [0.29, 0.717) is 32.6 Å². The lowest BCUT2D eigenvalue weighted by Gasteiger charge is -2.38. The Morgan fingerprint density at radius 2 is 2.00 bits per heavy atom. The lowest BCUT2D eigenvalue weighted by molar-refractivity contribution is -0.140.